The monoisotopic (exact) mass is 381 g/mol. The van der Waals surface area contributed by atoms with Crippen molar-refractivity contribution in [2.45, 2.75) is 6.18 Å². The Morgan fingerprint density at radius 3 is 2.62 bits per heavy atom. The number of nitrogens with two attached hydrogens (primary N) is 2. The number of nitrogens with zero attached hydrogens (tertiary/aromatic N) is 1. The van der Waals surface area contributed by atoms with Gasteiger partial charge in [0.15, 0.2) is 11.5 Å². The third-order valence-electron chi connectivity index (χ3n) is 3.90. The summed E-state index contributed by atoms with van der Waals surface area (Å²) >= 11 is 0.730. The number of alkyl halides is 3. The van der Waals surface area contributed by atoms with Crippen LogP contribution in [0.1, 0.15) is 15.2 Å². The first kappa shape index (κ1) is 16.5. The quantitative estimate of drug-likeness (QED) is 0.709. The van der Waals surface area contributed by atoms with Gasteiger partial charge in [-0.25, -0.2) is 4.98 Å². The number of carbonyl (C=O) groups excluding carboxylic acids is 1. The molecule has 4 rings (SSSR count). The smallest absolute Gasteiger partial charge is 0.417 e. The van der Waals surface area contributed by atoms with Crippen LogP contribution in [0.25, 0.3) is 21.5 Å². The van der Waals surface area contributed by atoms with Crippen molar-refractivity contribution in [2.75, 3.05) is 12.5 Å². The lowest BCUT2D eigenvalue weighted by Gasteiger charge is -2.11. The average Bonchev–Trinajstić information content (AvgIpc) is 3.17. The standard InChI is InChI=1S/C16H10F3N3O3S/c17-16(18,19)7-4-8(6-1-2-9-10(3-6)25-5-24-9)22-15-11(7)12(20)13(26-15)14(21)23/h1-4H,5,20H2,(H2,21,23). The minimum absolute atomic E-state index is 0.0150. The van der Waals surface area contributed by atoms with E-state index in [4.69, 9.17) is 20.9 Å². The van der Waals surface area contributed by atoms with E-state index in [1.165, 1.54) is 0 Å². The number of fused-ring (bicyclic) bond motifs is 2. The first-order chi connectivity index (χ1) is 12.3. The molecular weight excluding hydrogens is 371 g/mol. The molecular formula is C16H10F3N3O3S. The molecule has 1 aliphatic rings. The molecule has 3 heterocycles. The Balaban J connectivity index is 1.98. The summed E-state index contributed by atoms with van der Waals surface area (Å²) < 4.78 is 51.2. The van der Waals surface area contributed by atoms with Crippen LogP contribution in [-0.2, 0) is 6.18 Å². The SMILES string of the molecule is NC(=O)c1sc2nc(-c3ccc4c(c3)OCO4)cc(C(F)(F)F)c2c1N. The lowest BCUT2D eigenvalue weighted by molar-refractivity contribution is -0.136. The third kappa shape index (κ3) is 2.49. The second-order valence-corrected chi connectivity index (χ2v) is 6.51. The highest BCUT2D eigenvalue weighted by Crippen LogP contribution is 2.44. The van der Waals surface area contributed by atoms with Crippen LogP contribution in [0.5, 0.6) is 11.5 Å². The molecule has 0 saturated heterocycles. The molecule has 10 heteroatoms. The normalized spacial score (nSPS) is 13.3. The van der Waals surface area contributed by atoms with Crippen molar-refractivity contribution in [3.63, 3.8) is 0 Å². The van der Waals surface area contributed by atoms with Crippen molar-refractivity contribution < 1.29 is 27.4 Å². The molecule has 1 aliphatic heterocycles. The number of aromatic nitrogens is 1. The van der Waals surface area contributed by atoms with Gasteiger partial charge in [-0.3, -0.25) is 4.79 Å². The number of hydrogen-bond acceptors (Lipinski definition) is 6. The number of amides is 1. The van der Waals surface area contributed by atoms with Crippen LogP contribution in [0, 0.1) is 0 Å². The maximum Gasteiger partial charge on any atom is 0.417 e. The first-order valence-electron chi connectivity index (χ1n) is 7.25. The van der Waals surface area contributed by atoms with E-state index in [0.29, 0.717) is 17.1 Å². The van der Waals surface area contributed by atoms with Gasteiger partial charge in [-0.15, -0.1) is 11.3 Å². The van der Waals surface area contributed by atoms with Gasteiger partial charge in [-0.1, -0.05) is 0 Å². The van der Waals surface area contributed by atoms with Crippen LogP contribution in [0.15, 0.2) is 24.3 Å². The number of anilines is 1. The second kappa shape index (κ2) is 5.49. The number of primary amides is 1. The fourth-order valence-corrected chi connectivity index (χ4v) is 3.70. The molecule has 0 spiro atoms. The molecule has 6 nitrogen and oxygen atoms in total. The number of ether oxygens (including phenoxy) is 2. The van der Waals surface area contributed by atoms with Gasteiger partial charge in [-0.2, -0.15) is 13.2 Å². The molecule has 0 atom stereocenters. The summed E-state index contributed by atoms with van der Waals surface area (Å²) in [6, 6.07) is 5.61. The highest BCUT2D eigenvalue weighted by molar-refractivity contribution is 7.21. The lowest BCUT2D eigenvalue weighted by atomic mass is 10.0. The van der Waals surface area contributed by atoms with Crippen LogP contribution in [0.4, 0.5) is 18.9 Å². The zero-order chi connectivity index (χ0) is 18.6. The Kier molecular flexibility index (Phi) is 3.48. The Labute approximate surface area is 148 Å². The highest BCUT2D eigenvalue weighted by atomic mass is 32.1. The molecule has 1 aromatic carbocycles. The third-order valence-corrected chi connectivity index (χ3v) is 5.01. The summed E-state index contributed by atoms with van der Waals surface area (Å²) in [6.45, 7) is 0.0441. The minimum Gasteiger partial charge on any atom is -0.454 e. The number of carbonyl (C=O) groups is 1. The second-order valence-electron chi connectivity index (χ2n) is 5.51. The number of hydrogen-bond donors (Lipinski definition) is 2. The van der Waals surface area contributed by atoms with E-state index in [2.05, 4.69) is 4.98 Å². The topological polar surface area (TPSA) is 100 Å². The summed E-state index contributed by atoms with van der Waals surface area (Å²) in [7, 11) is 0. The number of pyridine rings is 1. The fourth-order valence-electron chi connectivity index (χ4n) is 2.73. The van der Waals surface area contributed by atoms with E-state index in [9.17, 15) is 18.0 Å². The molecule has 134 valence electrons. The van der Waals surface area contributed by atoms with Crippen LogP contribution < -0.4 is 20.9 Å². The molecule has 0 unspecified atom stereocenters. The van der Waals surface area contributed by atoms with Crippen LogP contribution in [-0.4, -0.2) is 17.7 Å². The number of benzene rings is 1. The minimum atomic E-state index is -4.68. The van der Waals surface area contributed by atoms with E-state index in [-0.39, 0.29) is 33.3 Å². The maximum atomic E-state index is 13.6. The average molecular weight is 381 g/mol. The maximum absolute atomic E-state index is 13.6. The van der Waals surface area contributed by atoms with Crippen molar-refractivity contribution in [1.29, 1.82) is 0 Å². The zero-order valence-electron chi connectivity index (χ0n) is 12.9. The number of thiophene rings is 1. The molecule has 0 aliphatic carbocycles. The van der Waals surface area contributed by atoms with E-state index >= 15 is 0 Å². The predicted molar refractivity (Wildman–Crippen MR) is 89.1 cm³/mol. The van der Waals surface area contributed by atoms with E-state index in [1.807, 2.05) is 0 Å². The summed E-state index contributed by atoms with van der Waals surface area (Å²) in [5.41, 5.74) is 10.1. The molecule has 0 fully saturated rings. The van der Waals surface area contributed by atoms with Gasteiger partial charge in [-0.05, 0) is 24.3 Å². The van der Waals surface area contributed by atoms with Crippen molar-refractivity contribution in [2.24, 2.45) is 5.73 Å². The molecule has 26 heavy (non-hydrogen) atoms. The van der Waals surface area contributed by atoms with Gasteiger partial charge in [0.25, 0.3) is 5.91 Å². The predicted octanol–water partition coefficient (Wildman–Crippen LogP) is 3.39. The summed E-state index contributed by atoms with van der Waals surface area (Å²) in [5.74, 6) is 0.0204. The molecule has 1 amide bonds. The molecule has 2 aromatic heterocycles. The van der Waals surface area contributed by atoms with Crippen molar-refractivity contribution >= 4 is 33.1 Å². The molecule has 4 N–H and O–H groups in total. The number of halogens is 3. The number of rotatable bonds is 2. The molecule has 0 saturated carbocycles. The van der Waals surface area contributed by atoms with Crippen LogP contribution in [0.2, 0.25) is 0 Å². The fraction of sp³-hybridized carbons (Fsp3) is 0.125. The number of nitrogen functional groups attached to an aromatic ring is 1. The van der Waals surface area contributed by atoms with Crippen molar-refractivity contribution in [1.82, 2.24) is 4.98 Å². The Morgan fingerprint density at radius 1 is 1.19 bits per heavy atom. The Hall–Kier alpha value is -3.01. The van der Waals surface area contributed by atoms with E-state index in [0.717, 1.165) is 17.4 Å². The Morgan fingerprint density at radius 2 is 1.92 bits per heavy atom. The van der Waals surface area contributed by atoms with E-state index < -0.39 is 17.6 Å². The summed E-state index contributed by atoms with van der Waals surface area (Å²) in [5, 5.41) is -0.319. The van der Waals surface area contributed by atoms with Gasteiger partial charge in [0.1, 0.15) is 9.71 Å². The summed E-state index contributed by atoms with van der Waals surface area (Å²) in [4.78, 5) is 15.5. The molecule has 3 aromatic rings. The van der Waals surface area contributed by atoms with Crippen LogP contribution >= 0.6 is 11.3 Å². The van der Waals surface area contributed by atoms with Gasteiger partial charge in [0.05, 0.1) is 16.9 Å². The largest absolute Gasteiger partial charge is 0.454 e. The zero-order valence-corrected chi connectivity index (χ0v) is 13.7. The van der Waals surface area contributed by atoms with Gasteiger partial charge >= 0.3 is 6.18 Å². The Bertz CT molecular complexity index is 1060. The first-order valence-corrected chi connectivity index (χ1v) is 8.07. The van der Waals surface area contributed by atoms with Gasteiger partial charge in [0, 0.05) is 10.9 Å². The lowest BCUT2D eigenvalue weighted by Crippen LogP contribution is -2.11. The molecule has 0 radical (unpaired) electrons. The van der Waals surface area contributed by atoms with E-state index in [1.54, 1.807) is 18.2 Å². The van der Waals surface area contributed by atoms with Gasteiger partial charge in [0.2, 0.25) is 6.79 Å². The summed E-state index contributed by atoms with van der Waals surface area (Å²) in [6.07, 6.45) is -4.68. The molecule has 0 bridgehead atoms. The van der Waals surface area contributed by atoms with Gasteiger partial charge < -0.3 is 20.9 Å². The van der Waals surface area contributed by atoms with Crippen molar-refractivity contribution in [3.8, 4) is 22.8 Å². The van der Waals surface area contributed by atoms with Crippen LogP contribution in [0.3, 0.4) is 0 Å². The highest BCUT2D eigenvalue weighted by Gasteiger charge is 2.36. The van der Waals surface area contributed by atoms with Crippen molar-refractivity contribution in [3.05, 3.63) is 34.7 Å².